The van der Waals surface area contributed by atoms with Crippen LogP contribution < -0.4 is 5.73 Å². The van der Waals surface area contributed by atoms with Crippen LogP contribution in [0, 0.1) is 11.3 Å². The van der Waals surface area contributed by atoms with E-state index in [1.807, 2.05) is 12.1 Å². The number of hydrogen-bond donors (Lipinski definition) is 2. The summed E-state index contributed by atoms with van der Waals surface area (Å²) in [5.41, 5.74) is 6.83. The molecule has 0 saturated carbocycles. The molecule has 0 fully saturated rings. The SMILES string of the molecule is CC(C)C1=C(Sc2cc(Cl)cc(Cl)c2)N(C)C(C)N1CC(=N)N. The second-order valence-corrected chi connectivity index (χ2v) is 7.88. The van der Waals surface area contributed by atoms with E-state index in [-0.39, 0.29) is 12.0 Å². The second kappa shape index (κ2) is 7.24. The summed E-state index contributed by atoms with van der Waals surface area (Å²) in [5.74, 6) is 0.486. The Morgan fingerprint density at radius 3 is 2.35 bits per heavy atom. The summed E-state index contributed by atoms with van der Waals surface area (Å²) in [6.45, 7) is 6.85. The van der Waals surface area contributed by atoms with E-state index >= 15 is 0 Å². The summed E-state index contributed by atoms with van der Waals surface area (Å²) in [6.07, 6.45) is 0.147. The van der Waals surface area contributed by atoms with Gasteiger partial charge in [-0.15, -0.1) is 0 Å². The summed E-state index contributed by atoms with van der Waals surface area (Å²) in [4.78, 5) is 5.39. The molecule has 0 radical (unpaired) electrons. The van der Waals surface area contributed by atoms with E-state index in [9.17, 15) is 0 Å². The molecule has 2 rings (SSSR count). The molecule has 1 aliphatic rings. The molecule has 0 aromatic heterocycles. The van der Waals surface area contributed by atoms with E-state index in [4.69, 9.17) is 34.3 Å². The normalized spacial score (nSPS) is 18.3. The molecule has 0 saturated heterocycles. The molecule has 0 bridgehead atoms. The van der Waals surface area contributed by atoms with Crippen molar-refractivity contribution in [1.29, 1.82) is 5.41 Å². The first-order valence-corrected chi connectivity index (χ1v) is 8.98. The van der Waals surface area contributed by atoms with Crippen LogP contribution in [0.25, 0.3) is 0 Å². The largest absolute Gasteiger partial charge is 0.386 e. The van der Waals surface area contributed by atoms with Crippen LogP contribution in [0.15, 0.2) is 33.8 Å². The molecule has 126 valence electrons. The van der Waals surface area contributed by atoms with Crippen molar-refractivity contribution in [2.24, 2.45) is 11.7 Å². The highest BCUT2D eigenvalue weighted by Gasteiger charge is 2.35. The molecule has 23 heavy (non-hydrogen) atoms. The smallest absolute Gasteiger partial charge is 0.111 e. The van der Waals surface area contributed by atoms with Crippen LogP contribution >= 0.6 is 35.0 Å². The lowest BCUT2D eigenvalue weighted by Gasteiger charge is -2.30. The van der Waals surface area contributed by atoms with Crippen molar-refractivity contribution in [2.75, 3.05) is 13.6 Å². The summed E-state index contributed by atoms with van der Waals surface area (Å²) < 4.78 is 0. The third kappa shape index (κ3) is 4.08. The number of hydrogen-bond acceptors (Lipinski definition) is 4. The fourth-order valence-corrected chi connectivity index (χ4v) is 4.69. The van der Waals surface area contributed by atoms with Crippen LogP contribution in [0.4, 0.5) is 0 Å². The van der Waals surface area contributed by atoms with Crippen molar-refractivity contribution in [3.8, 4) is 0 Å². The fraction of sp³-hybridized carbons (Fsp3) is 0.438. The Hall–Kier alpha value is -1.04. The number of amidine groups is 1. The first-order chi connectivity index (χ1) is 10.7. The second-order valence-electron chi connectivity index (χ2n) is 5.95. The van der Waals surface area contributed by atoms with Crippen molar-refractivity contribution in [2.45, 2.75) is 31.8 Å². The van der Waals surface area contributed by atoms with E-state index in [1.54, 1.807) is 17.8 Å². The number of nitrogens with two attached hydrogens (primary N) is 1. The van der Waals surface area contributed by atoms with Gasteiger partial charge in [0, 0.05) is 27.7 Å². The molecule has 1 atom stereocenters. The first-order valence-electron chi connectivity index (χ1n) is 7.41. The Kier molecular flexibility index (Phi) is 5.76. The zero-order valence-electron chi connectivity index (χ0n) is 13.7. The van der Waals surface area contributed by atoms with Crippen LogP contribution in [-0.2, 0) is 0 Å². The summed E-state index contributed by atoms with van der Waals surface area (Å²) in [7, 11) is 2.06. The van der Waals surface area contributed by atoms with Crippen molar-refractivity contribution < 1.29 is 0 Å². The van der Waals surface area contributed by atoms with Crippen LogP contribution in [0.3, 0.4) is 0 Å². The van der Waals surface area contributed by atoms with Crippen LogP contribution in [0.5, 0.6) is 0 Å². The summed E-state index contributed by atoms with van der Waals surface area (Å²) >= 11 is 13.9. The molecule has 7 heteroatoms. The molecule has 1 heterocycles. The lowest BCUT2D eigenvalue weighted by Crippen LogP contribution is -2.41. The summed E-state index contributed by atoms with van der Waals surface area (Å²) in [6, 6.07) is 5.55. The van der Waals surface area contributed by atoms with Gasteiger partial charge in [0.25, 0.3) is 0 Å². The van der Waals surface area contributed by atoms with Gasteiger partial charge < -0.3 is 15.5 Å². The maximum atomic E-state index is 7.64. The average Bonchev–Trinajstić information content (AvgIpc) is 2.62. The van der Waals surface area contributed by atoms with Crippen molar-refractivity contribution in [1.82, 2.24) is 9.80 Å². The minimum absolute atomic E-state index is 0.147. The van der Waals surface area contributed by atoms with Crippen molar-refractivity contribution in [3.63, 3.8) is 0 Å². The number of halogens is 2. The molecule has 4 nitrogen and oxygen atoms in total. The van der Waals surface area contributed by atoms with Gasteiger partial charge in [0.05, 0.1) is 17.7 Å². The van der Waals surface area contributed by atoms with Gasteiger partial charge in [0.15, 0.2) is 0 Å². The van der Waals surface area contributed by atoms with Gasteiger partial charge in [-0.2, -0.15) is 0 Å². The van der Waals surface area contributed by atoms with Crippen LogP contribution in [-0.4, -0.2) is 35.4 Å². The topological polar surface area (TPSA) is 56.4 Å². The Balaban J connectivity index is 2.42. The predicted molar refractivity (Wildman–Crippen MR) is 100 cm³/mol. The van der Waals surface area contributed by atoms with Crippen LogP contribution in [0.2, 0.25) is 10.0 Å². The number of rotatable bonds is 5. The average molecular weight is 373 g/mol. The Morgan fingerprint density at radius 1 is 1.30 bits per heavy atom. The Labute approximate surface area is 152 Å². The molecule has 3 N–H and O–H groups in total. The number of nitrogens with one attached hydrogen (secondary N) is 1. The molecule has 1 aromatic rings. The number of thioether (sulfide) groups is 1. The molecule has 0 spiro atoms. The quantitative estimate of drug-likeness (QED) is 0.592. The van der Waals surface area contributed by atoms with Gasteiger partial charge in [0.1, 0.15) is 5.84 Å². The lowest BCUT2D eigenvalue weighted by molar-refractivity contribution is 0.193. The molecular formula is C16H22Cl2N4S. The van der Waals surface area contributed by atoms with Crippen molar-refractivity contribution >= 4 is 40.8 Å². The van der Waals surface area contributed by atoms with Crippen LogP contribution in [0.1, 0.15) is 20.8 Å². The maximum Gasteiger partial charge on any atom is 0.111 e. The van der Waals surface area contributed by atoms with Gasteiger partial charge in [-0.3, -0.25) is 5.41 Å². The highest BCUT2D eigenvalue weighted by molar-refractivity contribution is 8.03. The first kappa shape index (κ1) is 18.3. The lowest BCUT2D eigenvalue weighted by atomic mass is 10.1. The standard InChI is InChI=1S/C16H22Cl2N4S/c1-9(2)15-16(21(4)10(3)22(15)8-14(19)20)23-13-6-11(17)5-12(18)7-13/h5-7,9-10H,8H2,1-4H3,(H3,19,20). The molecular weight excluding hydrogens is 351 g/mol. The van der Waals surface area contributed by atoms with E-state index in [0.717, 1.165) is 9.92 Å². The molecule has 0 amide bonds. The number of nitrogens with zero attached hydrogens (tertiary/aromatic N) is 2. The molecule has 1 aromatic carbocycles. The highest BCUT2D eigenvalue weighted by atomic mass is 35.5. The van der Waals surface area contributed by atoms with E-state index in [2.05, 4.69) is 37.6 Å². The van der Waals surface area contributed by atoms with E-state index in [0.29, 0.717) is 22.5 Å². The molecule has 1 unspecified atom stereocenters. The Bertz CT molecular complexity index is 625. The monoisotopic (exact) mass is 372 g/mol. The van der Waals surface area contributed by atoms with Crippen molar-refractivity contribution in [3.05, 3.63) is 39.0 Å². The van der Waals surface area contributed by atoms with Gasteiger partial charge in [-0.1, -0.05) is 48.8 Å². The minimum Gasteiger partial charge on any atom is -0.386 e. The van der Waals surface area contributed by atoms with E-state index in [1.165, 1.54) is 5.70 Å². The fourth-order valence-electron chi connectivity index (χ4n) is 2.69. The highest BCUT2D eigenvalue weighted by Crippen LogP contribution is 2.42. The molecule has 1 aliphatic heterocycles. The summed E-state index contributed by atoms with van der Waals surface area (Å²) in [5, 5.41) is 10.0. The third-order valence-corrected chi connectivity index (χ3v) is 5.40. The number of allylic oxidation sites excluding steroid dienone is 1. The maximum absolute atomic E-state index is 7.64. The predicted octanol–water partition coefficient (Wildman–Crippen LogP) is 4.44. The van der Waals surface area contributed by atoms with Gasteiger partial charge >= 0.3 is 0 Å². The minimum atomic E-state index is 0.147. The van der Waals surface area contributed by atoms with E-state index < -0.39 is 0 Å². The van der Waals surface area contributed by atoms with Gasteiger partial charge in [0.2, 0.25) is 0 Å². The Morgan fingerprint density at radius 2 is 1.87 bits per heavy atom. The van der Waals surface area contributed by atoms with Gasteiger partial charge in [-0.05, 0) is 31.0 Å². The zero-order valence-corrected chi connectivity index (χ0v) is 16.1. The zero-order chi connectivity index (χ0) is 17.3. The molecule has 0 aliphatic carbocycles. The number of benzene rings is 1. The third-order valence-electron chi connectivity index (χ3n) is 3.80. The van der Waals surface area contributed by atoms with Gasteiger partial charge in [-0.25, -0.2) is 0 Å².